The highest BCUT2D eigenvalue weighted by molar-refractivity contribution is 9.10. The molecule has 84 valence electrons. The van der Waals surface area contributed by atoms with Crippen molar-refractivity contribution in [2.24, 2.45) is 0 Å². The van der Waals surface area contributed by atoms with Gasteiger partial charge in [0.1, 0.15) is 5.52 Å². The fourth-order valence-electron chi connectivity index (χ4n) is 1.42. The molecule has 2 rings (SSSR count). The molecule has 1 aromatic carbocycles. The van der Waals surface area contributed by atoms with E-state index in [2.05, 4.69) is 30.6 Å². The maximum absolute atomic E-state index is 11.2. The molecule has 4 nitrogen and oxygen atoms in total. The Labute approximate surface area is 105 Å². The highest BCUT2D eigenvalue weighted by atomic mass is 79.9. The summed E-state index contributed by atoms with van der Waals surface area (Å²) >= 11 is 9.17. The van der Waals surface area contributed by atoms with E-state index in [4.69, 9.17) is 11.6 Å². The largest absolute Gasteiger partial charge is 0.469 e. The smallest absolute Gasteiger partial charge is 0.310 e. The molecule has 0 aliphatic carbocycles. The van der Waals surface area contributed by atoms with E-state index in [-0.39, 0.29) is 12.4 Å². The fraction of sp³-hybridized carbons (Fsp3) is 0.200. The quantitative estimate of drug-likeness (QED) is 0.868. The van der Waals surface area contributed by atoms with Crippen LogP contribution < -0.4 is 0 Å². The van der Waals surface area contributed by atoms with Gasteiger partial charge in [-0.2, -0.15) is 0 Å². The number of hydrogen-bond acceptors (Lipinski definition) is 3. The molecule has 0 spiro atoms. The maximum Gasteiger partial charge on any atom is 0.310 e. The Hall–Kier alpha value is -1.07. The van der Waals surface area contributed by atoms with Gasteiger partial charge in [0.15, 0.2) is 0 Å². The van der Waals surface area contributed by atoms with Gasteiger partial charge >= 0.3 is 5.97 Å². The molecule has 0 aliphatic rings. The van der Waals surface area contributed by atoms with E-state index in [1.807, 2.05) is 12.1 Å². The first-order chi connectivity index (χ1) is 7.61. The molecule has 1 heterocycles. The number of carbonyl (C=O) groups is 1. The lowest BCUT2D eigenvalue weighted by Gasteiger charge is -2.03. The second-order valence-corrected chi connectivity index (χ2v) is 4.37. The maximum atomic E-state index is 11.2. The molecule has 0 radical (unpaired) electrons. The second kappa shape index (κ2) is 4.43. The summed E-state index contributed by atoms with van der Waals surface area (Å²) in [6.07, 6.45) is 0.206. The second-order valence-electron chi connectivity index (χ2n) is 3.22. The monoisotopic (exact) mass is 302 g/mol. The number of rotatable bonds is 2. The molecule has 0 atom stereocenters. The van der Waals surface area contributed by atoms with E-state index in [1.165, 1.54) is 7.11 Å². The van der Waals surface area contributed by atoms with Crippen LogP contribution in [0.4, 0.5) is 0 Å². The van der Waals surface area contributed by atoms with Crippen molar-refractivity contribution in [1.29, 1.82) is 0 Å². The number of hydrogen-bond donors (Lipinski definition) is 1. The third-order valence-electron chi connectivity index (χ3n) is 2.21. The lowest BCUT2D eigenvalue weighted by Crippen LogP contribution is -2.05. The van der Waals surface area contributed by atoms with Gasteiger partial charge in [-0.3, -0.25) is 4.79 Å². The van der Waals surface area contributed by atoms with Crippen LogP contribution in [0.1, 0.15) is 5.56 Å². The molecular formula is C10H8BrClN2O2. The topological polar surface area (TPSA) is 55.0 Å². The van der Waals surface area contributed by atoms with Gasteiger partial charge in [-0.1, -0.05) is 6.07 Å². The summed E-state index contributed by atoms with van der Waals surface area (Å²) in [5.41, 5.74) is 2.36. The molecule has 0 saturated carbocycles. The standard InChI is InChI=1S/C10H8BrClN2O2/c1-16-7(15)4-5-2-3-6-9(8(5)11)14-10(12)13-6/h2-3H,4H2,1H3,(H,13,14). The Morgan fingerprint density at radius 1 is 1.62 bits per heavy atom. The van der Waals surface area contributed by atoms with Crippen molar-refractivity contribution in [3.63, 3.8) is 0 Å². The first-order valence-electron chi connectivity index (χ1n) is 4.51. The highest BCUT2D eigenvalue weighted by Gasteiger charge is 2.12. The van der Waals surface area contributed by atoms with Crippen LogP contribution in [-0.2, 0) is 16.0 Å². The van der Waals surface area contributed by atoms with Crippen molar-refractivity contribution in [3.8, 4) is 0 Å². The average Bonchev–Trinajstić information content (AvgIpc) is 2.64. The normalized spacial score (nSPS) is 10.7. The van der Waals surface area contributed by atoms with Gasteiger partial charge in [0.2, 0.25) is 5.28 Å². The molecule has 0 aliphatic heterocycles. The van der Waals surface area contributed by atoms with Gasteiger partial charge in [-0.05, 0) is 39.2 Å². The molecule has 1 N–H and O–H groups in total. The fourth-order valence-corrected chi connectivity index (χ4v) is 2.18. The van der Waals surface area contributed by atoms with Gasteiger partial charge in [0.25, 0.3) is 0 Å². The van der Waals surface area contributed by atoms with Crippen LogP contribution in [0.5, 0.6) is 0 Å². The summed E-state index contributed by atoms with van der Waals surface area (Å²) in [6, 6.07) is 3.66. The molecule has 6 heteroatoms. The lowest BCUT2D eigenvalue weighted by molar-refractivity contribution is -0.139. The number of aromatic nitrogens is 2. The van der Waals surface area contributed by atoms with Crippen LogP contribution in [-0.4, -0.2) is 23.0 Å². The van der Waals surface area contributed by atoms with Crippen molar-refractivity contribution >= 4 is 44.5 Å². The number of benzene rings is 1. The number of esters is 1. The molecule has 16 heavy (non-hydrogen) atoms. The first kappa shape index (κ1) is 11.4. The summed E-state index contributed by atoms with van der Waals surface area (Å²) < 4.78 is 5.37. The number of carbonyl (C=O) groups excluding carboxylic acids is 1. The summed E-state index contributed by atoms with van der Waals surface area (Å²) in [5, 5.41) is 0.325. The zero-order valence-corrected chi connectivity index (χ0v) is 10.7. The number of ether oxygens (including phenoxy) is 1. The third kappa shape index (κ3) is 2.05. The number of nitrogens with one attached hydrogen (secondary N) is 1. The average molecular weight is 304 g/mol. The molecule has 0 bridgehead atoms. The van der Waals surface area contributed by atoms with Crippen molar-refractivity contribution in [2.45, 2.75) is 6.42 Å². The minimum atomic E-state index is -0.290. The van der Waals surface area contributed by atoms with Crippen LogP contribution in [0, 0.1) is 0 Å². The number of methoxy groups -OCH3 is 1. The number of aromatic amines is 1. The Bertz CT molecular complexity index is 553. The Morgan fingerprint density at radius 2 is 2.38 bits per heavy atom. The van der Waals surface area contributed by atoms with Gasteiger partial charge in [-0.15, -0.1) is 0 Å². The highest BCUT2D eigenvalue weighted by Crippen LogP contribution is 2.27. The molecule has 0 amide bonds. The summed E-state index contributed by atoms with van der Waals surface area (Å²) in [5.74, 6) is -0.290. The molecule has 2 aromatic rings. The van der Waals surface area contributed by atoms with Gasteiger partial charge in [-0.25, -0.2) is 4.98 Å². The number of nitrogens with zero attached hydrogens (tertiary/aromatic N) is 1. The predicted octanol–water partition coefficient (Wildman–Crippen LogP) is 2.69. The van der Waals surface area contributed by atoms with E-state index in [0.717, 1.165) is 15.6 Å². The van der Waals surface area contributed by atoms with E-state index >= 15 is 0 Å². The number of fused-ring (bicyclic) bond motifs is 1. The van der Waals surface area contributed by atoms with Crippen molar-refractivity contribution in [3.05, 3.63) is 27.5 Å². The minimum Gasteiger partial charge on any atom is -0.469 e. The number of halogens is 2. The zero-order valence-electron chi connectivity index (χ0n) is 8.38. The summed E-state index contributed by atoms with van der Waals surface area (Å²) in [4.78, 5) is 18.2. The van der Waals surface area contributed by atoms with Gasteiger partial charge in [0.05, 0.1) is 19.0 Å². The molecular weight excluding hydrogens is 295 g/mol. The molecule has 0 fully saturated rings. The van der Waals surface area contributed by atoms with Crippen molar-refractivity contribution < 1.29 is 9.53 Å². The third-order valence-corrected chi connectivity index (χ3v) is 3.27. The van der Waals surface area contributed by atoms with Gasteiger partial charge < -0.3 is 9.72 Å². The van der Waals surface area contributed by atoms with Crippen LogP contribution in [0.25, 0.3) is 11.0 Å². The summed E-state index contributed by atoms with van der Waals surface area (Å²) in [7, 11) is 1.36. The van der Waals surface area contributed by atoms with E-state index in [0.29, 0.717) is 10.8 Å². The van der Waals surface area contributed by atoms with Crippen LogP contribution >= 0.6 is 27.5 Å². The van der Waals surface area contributed by atoms with Crippen LogP contribution in [0.15, 0.2) is 16.6 Å². The molecule has 1 aromatic heterocycles. The number of imidazole rings is 1. The molecule has 0 unspecified atom stereocenters. The Kier molecular flexibility index (Phi) is 3.16. The Morgan fingerprint density at radius 3 is 3.06 bits per heavy atom. The van der Waals surface area contributed by atoms with E-state index < -0.39 is 0 Å². The zero-order chi connectivity index (χ0) is 11.7. The number of H-pyrrole nitrogens is 1. The van der Waals surface area contributed by atoms with Crippen molar-refractivity contribution in [1.82, 2.24) is 9.97 Å². The molecule has 0 saturated heterocycles. The van der Waals surface area contributed by atoms with E-state index in [1.54, 1.807) is 0 Å². The summed E-state index contributed by atoms with van der Waals surface area (Å²) in [6.45, 7) is 0. The first-order valence-corrected chi connectivity index (χ1v) is 5.68. The van der Waals surface area contributed by atoms with Gasteiger partial charge in [0, 0.05) is 4.47 Å². The van der Waals surface area contributed by atoms with E-state index in [9.17, 15) is 4.79 Å². The SMILES string of the molecule is COC(=O)Cc1ccc2[nH]c(Cl)nc2c1Br. The lowest BCUT2D eigenvalue weighted by atomic mass is 10.1. The van der Waals surface area contributed by atoms with Crippen LogP contribution in [0.3, 0.4) is 0 Å². The van der Waals surface area contributed by atoms with Crippen LogP contribution in [0.2, 0.25) is 5.28 Å². The predicted molar refractivity (Wildman–Crippen MR) is 64.5 cm³/mol. The minimum absolute atomic E-state index is 0.206. The van der Waals surface area contributed by atoms with Crippen molar-refractivity contribution in [2.75, 3.05) is 7.11 Å². The Balaban J connectivity index is 2.47.